The van der Waals surface area contributed by atoms with Crippen molar-refractivity contribution >= 4 is 33.9 Å². The van der Waals surface area contributed by atoms with Gasteiger partial charge in [0.25, 0.3) is 5.69 Å². The number of anilines is 2. The van der Waals surface area contributed by atoms with Gasteiger partial charge in [0.1, 0.15) is 5.52 Å². The van der Waals surface area contributed by atoms with Crippen LogP contribution in [0.5, 0.6) is 0 Å². The van der Waals surface area contributed by atoms with E-state index >= 15 is 0 Å². The normalized spacial score (nSPS) is 14.3. The molecule has 0 radical (unpaired) electrons. The second-order valence-electron chi connectivity index (χ2n) is 6.65. The highest BCUT2D eigenvalue weighted by Crippen LogP contribution is 2.32. The molecule has 1 aliphatic rings. The first-order chi connectivity index (χ1) is 13.5. The first kappa shape index (κ1) is 17.7. The second-order valence-corrected chi connectivity index (χ2v) is 6.65. The minimum atomic E-state index is -0.436. The SMILES string of the molecule is NC(=O)c1ccc(N2CCN(c3ccc([N+](=O)[O-])c4cccnc34)CC2)cc1. The van der Waals surface area contributed by atoms with Gasteiger partial charge in [-0.2, -0.15) is 0 Å². The Morgan fingerprint density at radius 1 is 1.00 bits per heavy atom. The largest absolute Gasteiger partial charge is 0.368 e. The molecule has 3 aromatic rings. The van der Waals surface area contributed by atoms with Crippen LogP contribution in [-0.2, 0) is 0 Å². The monoisotopic (exact) mass is 377 g/mol. The summed E-state index contributed by atoms with van der Waals surface area (Å²) >= 11 is 0. The lowest BCUT2D eigenvalue weighted by Gasteiger charge is -2.37. The van der Waals surface area contributed by atoms with Crippen LogP contribution in [0, 0.1) is 10.1 Å². The van der Waals surface area contributed by atoms with E-state index in [1.54, 1.807) is 42.6 Å². The highest BCUT2D eigenvalue weighted by molar-refractivity contribution is 5.97. The fourth-order valence-corrected chi connectivity index (χ4v) is 3.60. The predicted octanol–water partition coefficient (Wildman–Crippen LogP) is 2.57. The van der Waals surface area contributed by atoms with E-state index in [1.165, 1.54) is 0 Å². The Morgan fingerprint density at radius 3 is 2.32 bits per heavy atom. The summed E-state index contributed by atoms with van der Waals surface area (Å²) in [6.07, 6.45) is 1.66. The molecule has 0 unspecified atom stereocenters. The van der Waals surface area contributed by atoms with E-state index in [2.05, 4.69) is 14.8 Å². The summed E-state index contributed by atoms with van der Waals surface area (Å²) < 4.78 is 0. The molecule has 1 fully saturated rings. The fraction of sp³-hybridized carbons (Fsp3) is 0.200. The molecule has 0 aliphatic carbocycles. The quantitative estimate of drug-likeness (QED) is 0.553. The summed E-state index contributed by atoms with van der Waals surface area (Å²) in [6, 6.07) is 14.1. The van der Waals surface area contributed by atoms with Crippen LogP contribution in [0.4, 0.5) is 17.1 Å². The standard InChI is InChI=1S/C20H19N5O3/c21-20(26)14-3-5-15(6-4-14)23-10-12-24(13-11-23)18-8-7-17(25(27)28)16-2-1-9-22-19(16)18/h1-9H,10-13H2,(H2,21,26). The highest BCUT2D eigenvalue weighted by Gasteiger charge is 2.22. The Balaban J connectivity index is 1.55. The number of pyridine rings is 1. The van der Waals surface area contributed by atoms with E-state index < -0.39 is 5.91 Å². The van der Waals surface area contributed by atoms with Gasteiger partial charge in [0.05, 0.1) is 16.0 Å². The van der Waals surface area contributed by atoms with Gasteiger partial charge in [0.15, 0.2) is 0 Å². The molecule has 1 saturated heterocycles. The number of hydrogen-bond acceptors (Lipinski definition) is 6. The number of non-ortho nitro benzene ring substituents is 1. The topological polar surface area (TPSA) is 106 Å². The highest BCUT2D eigenvalue weighted by atomic mass is 16.6. The predicted molar refractivity (Wildman–Crippen MR) is 108 cm³/mol. The zero-order chi connectivity index (χ0) is 19.7. The molecule has 0 saturated carbocycles. The van der Waals surface area contributed by atoms with Gasteiger partial charge < -0.3 is 15.5 Å². The summed E-state index contributed by atoms with van der Waals surface area (Å²) in [5.74, 6) is -0.436. The third-order valence-corrected chi connectivity index (χ3v) is 5.06. The summed E-state index contributed by atoms with van der Waals surface area (Å²) in [4.78, 5) is 31.0. The van der Waals surface area contributed by atoms with Crippen molar-refractivity contribution in [3.63, 3.8) is 0 Å². The number of carbonyl (C=O) groups is 1. The van der Waals surface area contributed by atoms with E-state index in [1.807, 2.05) is 12.1 Å². The van der Waals surface area contributed by atoms with Gasteiger partial charge in [-0.1, -0.05) is 0 Å². The van der Waals surface area contributed by atoms with Crippen molar-refractivity contribution in [1.82, 2.24) is 4.98 Å². The van der Waals surface area contributed by atoms with Crippen LogP contribution in [0.2, 0.25) is 0 Å². The number of nitrogens with two attached hydrogens (primary N) is 1. The van der Waals surface area contributed by atoms with Crippen LogP contribution in [0.25, 0.3) is 10.9 Å². The molecule has 4 rings (SSSR count). The first-order valence-electron chi connectivity index (χ1n) is 8.96. The molecule has 142 valence electrons. The van der Waals surface area contributed by atoms with Gasteiger partial charge in [0, 0.05) is 49.7 Å². The number of rotatable bonds is 4. The molecule has 0 spiro atoms. The molecule has 1 aromatic heterocycles. The Kier molecular flexibility index (Phi) is 4.52. The second kappa shape index (κ2) is 7.15. The van der Waals surface area contributed by atoms with Crippen LogP contribution in [0.3, 0.4) is 0 Å². The molecule has 1 amide bonds. The minimum absolute atomic E-state index is 0.0695. The number of piperazine rings is 1. The zero-order valence-electron chi connectivity index (χ0n) is 15.1. The van der Waals surface area contributed by atoms with Crippen LogP contribution >= 0.6 is 0 Å². The number of nitrogens with zero attached hydrogens (tertiary/aromatic N) is 4. The van der Waals surface area contributed by atoms with Gasteiger partial charge in [0.2, 0.25) is 5.91 Å². The maximum Gasteiger partial charge on any atom is 0.278 e. The Bertz CT molecular complexity index is 1040. The molecule has 2 N–H and O–H groups in total. The molecule has 2 heterocycles. The first-order valence-corrected chi connectivity index (χ1v) is 8.96. The Labute approximate surface area is 161 Å². The molecule has 8 heteroatoms. The number of fused-ring (bicyclic) bond motifs is 1. The Hall–Kier alpha value is -3.68. The van der Waals surface area contributed by atoms with Gasteiger partial charge in [-0.3, -0.25) is 19.9 Å². The van der Waals surface area contributed by atoms with Crippen molar-refractivity contribution in [3.05, 3.63) is 70.4 Å². The van der Waals surface area contributed by atoms with Gasteiger partial charge in [-0.25, -0.2) is 0 Å². The van der Waals surface area contributed by atoms with Crippen LogP contribution < -0.4 is 15.5 Å². The summed E-state index contributed by atoms with van der Waals surface area (Å²) in [6.45, 7) is 3.12. The van der Waals surface area contributed by atoms with Crippen molar-refractivity contribution in [1.29, 1.82) is 0 Å². The number of primary amides is 1. The smallest absolute Gasteiger partial charge is 0.278 e. The third-order valence-electron chi connectivity index (χ3n) is 5.06. The molecule has 1 aliphatic heterocycles. The van der Waals surface area contributed by atoms with E-state index in [9.17, 15) is 14.9 Å². The average molecular weight is 377 g/mol. The molecular weight excluding hydrogens is 358 g/mol. The Morgan fingerprint density at radius 2 is 1.68 bits per heavy atom. The molecular formula is C20H19N5O3. The van der Waals surface area contributed by atoms with Crippen molar-refractivity contribution in [2.75, 3.05) is 36.0 Å². The van der Waals surface area contributed by atoms with Crippen molar-refractivity contribution in [2.24, 2.45) is 5.73 Å². The van der Waals surface area contributed by atoms with Crippen molar-refractivity contribution in [3.8, 4) is 0 Å². The summed E-state index contributed by atoms with van der Waals surface area (Å²) in [7, 11) is 0. The van der Waals surface area contributed by atoms with Crippen molar-refractivity contribution < 1.29 is 9.72 Å². The van der Waals surface area contributed by atoms with Crippen LogP contribution in [-0.4, -0.2) is 42.0 Å². The molecule has 28 heavy (non-hydrogen) atoms. The number of nitro benzene ring substituents is 1. The maximum atomic E-state index is 11.3. The zero-order valence-corrected chi connectivity index (χ0v) is 15.1. The van der Waals surface area contributed by atoms with Crippen LogP contribution in [0.15, 0.2) is 54.7 Å². The average Bonchev–Trinajstić information content (AvgIpc) is 2.73. The van der Waals surface area contributed by atoms with E-state index in [0.717, 1.165) is 37.6 Å². The lowest BCUT2D eigenvalue weighted by Crippen LogP contribution is -2.46. The summed E-state index contributed by atoms with van der Waals surface area (Å²) in [5, 5.41) is 11.8. The number of nitro groups is 1. The van der Waals surface area contributed by atoms with Crippen LogP contribution in [0.1, 0.15) is 10.4 Å². The fourth-order valence-electron chi connectivity index (χ4n) is 3.60. The van der Waals surface area contributed by atoms with E-state index in [0.29, 0.717) is 16.5 Å². The number of aromatic nitrogens is 1. The number of carbonyl (C=O) groups excluding carboxylic acids is 1. The minimum Gasteiger partial charge on any atom is -0.368 e. The maximum absolute atomic E-state index is 11.3. The van der Waals surface area contributed by atoms with Gasteiger partial charge >= 0.3 is 0 Å². The molecule has 2 aromatic carbocycles. The van der Waals surface area contributed by atoms with E-state index in [-0.39, 0.29) is 10.6 Å². The molecule has 0 bridgehead atoms. The third kappa shape index (κ3) is 3.20. The van der Waals surface area contributed by atoms with Gasteiger partial charge in [-0.15, -0.1) is 0 Å². The number of amides is 1. The molecule has 0 atom stereocenters. The summed E-state index contributed by atoms with van der Waals surface area (Å²) in [5.41, 5.74) is 8.45. The number of hydrogen-bond donors (Lipinski definition) is 1. The van der Waals surface area contributed by atoms with Crippen molar-refractivity contribution in [2.45, 2.75) is 0 Å². The molecule has 8 nitrogen and oxygen atoms in total. The van der Waals surface area contributed by atoms with Gasteiger partial charge in [-0.05, 0) is 42.5 Å². The lowest BCUT2D eigenvalue weighted by atomic mass is 10.1. The lowest BCUT2D eigenvalue weighted by molar-refractivity contribution is -0.383. The van der Waals surface area contributed by atoms with E-state index in [4.69, 9.17) is 5.73 Å². The number of benzene rings is 2.